The summed E-state index contributed by atoms with van der Waals surface area (Å²) in [7, 11) is 0. The van der Waals surface area contributed by atoms with Crippen molar-refractivity contribution in [1.29, 1.82) is 0 Å². The molecule has 1 atom stereocenters. The van der Waals surface area contributed by atoms with E-state index in [9.17, 15) is 14.4 Å². The van der Waals surface area contributed by atoms with E-state index in [0.29, 0.717) is 6.42 Å². The number of carbonyl (C=O) groups excluding carboxylic acids is 3. The van der Waals surface area contributed by atoms with Crippen molar-refractivity contribution in [3.8, 4) is 0 Å². The lowest BCUT2D eigenvalue weighted by Gasteiger charge is -2.08. The van der Waals surface area contributed by atoms with E-state index in [1.165, 1.54) is 0 Å². The third-order valence-corrected chi connectivity index (χ3v) is 1.71. The Morgan fingerprint density at radius 3 is 2.36 bits per heavy atom. The first-order valence-electron chi connectivity index (χ1n) is 4.45. The molecule has 80 valence electrons. The molecule has 14 heavy (non-hydrogen) atoms. The fraction of sp³-hybridized carbons (Fsp3) is 0.667. The van der Waals surface area contributed by atoms with Gasteiger partial charge in [0.25, 0.3) is 0 Å². The van der Waals surface area contributed by atoms with Crippen molar-refractivity contribution in [1.82, 2.24) is 0 Å². The van der Waals surface area contributed by atoms with Crippen LogP contribution in [-0.4, -0.2) is 30.2 Å². The summed E-state index contributed by atoms with van der Waals surface area (Å²) in [5.74, 6) is -1.62. The summed E-state index contributed by atoms with van der Waals surface area (Å²) >= 11 is 0. The van der Waals surface area contributed by atoms with Gasteiger partial charge in [-0.3, -0.25) is 9.59 Å². The van der Waals surface area contributed by atoms with Gasteiger partial charge in [-0.05, 0) is 0 Å². The van der Waals surface area contributed by atoms with E-state index in [4.69, 9.17) is 5.73 Å². The highest BCUT2D eigenvalue weighted by Crippen LogP contribution is 1.95. The molecule has 0 bridgehead atoms. The number of ketones is 2. The molecule has 0 saturated heterocycles. The van der Waals surface area contributed by atoms with Gasteiger partial charge in [-0.1, -0.05) is 6.92 Å². The van der Waals surface area contributed by atoms with Crippen LogP contribution in [-0.2, 0) is 19.1 Å². The quantitative estimate of drug-likeness (QED) is 0.475. The third kappa shape index (κ3) is 4.71. The van der Waals surface area contributed by atoms with Gasteiger partial charge in [0.1, 0.15) is 5.78 Å². The topological polar surface area (TPSA) is 86.5 Å². The van der Waals surface area contributed by atoms with Crippen LogP contribution >= 0.6 is 0 Å². The fourth-order valence-corrected chi connectivity index (χ4v) is 0.803. The Kier molecular flexibility index (Phi) is 5.71. The van der Waals surface area contributed by atoms with Crippen LogP contribution in [0, 0.1) is 0 Å². The number of carbonyl (C=O) groups is 3. The molecule has 0 heterocycles. The van der Waals surface area contributed by atoms with Crippen LogP contribution in [0.5, 0.6) is 0 Å². The number of nitrogens with two attached hydrogens (primary N) is 1. The van der Waals surface area contributed by atoms with Crippen molar-refractivity contribution in [3.63, 3.8) is 0 Å². The lowest BCUT2D eigenvalue weighted by atomic mass is 10.1. The van der Waals surface area contributed by atoms with Gasteiger partial charge in [-0.2, -0.15) is 0 Å². The minimum absolute atomic E-state index is 0.00528. The van der Waals surface area contributed by atoms with E-state index in [-0.39, 0.29) is 18.8 Å². The molecule has 2 N–H and O–H groups in total. The molecule has 0 aromatic heterocycles. The van der Waals surface area contributed by atoms with Crippen molar-refractivity contribution in [3.05, 3.63) is 0 Å². The summed E-state index contributed by atoms with van der Waals surface area (Å²) in [4.78, 5) is 32.1. The average Bonchev–Trinajstić information content (AvgIpc) is 2.15. The number of ether oxygens (including phenoxy) is 1. The van der Waals surface area contributed by atoms with Crippen LogP contribution < -0.4 is 5.73 Å². The summed E-state index contributed by atoms with van der Waals surface area (Å²) in [5, 5.41) is 0. The standard InChI is InChI=1S/C9H15NO4/c1-3-8(12)7(10)4-5-14-9(13)6(2)11/h7H,3-5,10H2,1-2H3. The van der Waals surface area contributed by atoms with E-state index >= 15 is 0 Å². The van der Waals surface area contributed by atoms with E-state index in [0.717, 1.165) is 6.92 Å². The molecular formula is C9H15NO4. The fourth-order valence-electron chi connectivity index (χ4n) is 0.803. The first-order valence-corrected chi connectivity index (χ1v) is 4.45. The summed E-state index contributed by atoms with van der Waals surface area (Å²) < 4.78 is 4.55. The Bertz CT molecular complexity index is 237. The highest BCUT2D eigenvalue weighted by Gasteiger charge is 2.13. The van der Waals surface area contributed by atoms with E-state index in [1.54, 1.807) is 6.92 Å². The second kappa shape index (κ2) is 6.26. The lowest BCUT2D eigenvalue weighted by Crippen LogP contribution is -2.31. The predicted octanol–water partition coefficient (Wildman–Crippen LogP) is -0.185. The minimum Gasteiger partial charge on any atom is -0.460 e. The predicted molar refractivity (Wildman–Crippen MR) is 49.5 cm³/mol. The largest absolute Gasteiger partial charge is 0.460 e. The van der Waals surface area contributed by atoms with Gasteiger partial charge in [0.2, 0.25) is 5.78 Å². The lowest BCUT2D eigenvalue weighted by molar-refractivity contribution is -0.153. The highest BCUT2D eigenvalue weighted by molar-refractivity contribution is 6.32. The molecule has 0 fully saturated rings. The van der Waals surface area contributed by atoms with Gasteiger partial charge in [-0.15, -0.1) is 0 Å². The van der Waals surface area contributed by atoms with Gasteiger partial charge in [0, 0.05) is 19.8 Å². The van der Waals surface area contributed by atoms with Crippen LogP contribution in [0.4, 0.5) is 0 Å². The maximum Gasteiger partial charge on any atom is 0.374 e. The van der Waals surface area contributed by atoms with Crippen molar-refractivity contribution in [2.45, 2.75) is 32.7 Å². The Morgan fingerprint density at radius 2 is 1.93 bits per heavy atom. The van der Waals surface area contributed by atoms with Gasteiger partial charge < -0.3 is 10.5 Å². The van der Waals surface area contributed by atoms with Crippen LogP contribution in [0.3, 0.4) is 0 Å². The van der Waals surface area contributed by atoms with E-state index < -0.39 is 17.8 Å². The Balaban J connectivity index is 3.69. The van der Waals surface area contributed by atoms with Crippen LogP contribution in [0.2, 0.25) is 0 Å². The van der Waals surface area contributed by atoms with Gasteiger partial charge in [-0.25, -0.2) is 4.79 Å². The zero-order valence-electron chi connectivity index (χ0n) is 8.41. The number of esters is 1. The van der Waals surface area contributed by atoms with Crippen LogP contribution in [0.15, 0.2) is 0 Å². The van der Waals surface area contributed by atoms with Crippen molar-refractivity contribution in [2.24, 2.45) is 5.73 Å². The zero-order valence-corrected chi connectivity index (χ0v) is 8.41. The summed E-state index contributed by atoms with van der Waals surface area (Å²) in [6.45, 7) is 2.84. The summed E-state index contributed by atoms with van der Waals surface area (Å²) in [6, 6.07) is -0.611. The molecule has 0 aliphatic carbocycles. The Labute approximate surface area is 82.6 Å². The van der Waals surface area contributed by atoms with Crippen molar-refractivity contribution < 1.29 is 19.1 Å². The van der Waals surface area contributed by atoms with E-state index in [1.807, 2.05) is 0 Å². The molecular weight excluding hydrogens is 186 g/mol. The molecule has 0 aliphatic heterocycles. The second-order valence-electron chi connectivity index (χ2n) is 2.91. The Hall–Kier alpha value is -1.23. The first-order chi connectivity index (χ1) is 6.49. The van der Waals surface area contributed by atoms with Gasteiger partial charge in [0.05, 0.1) is 12.6 Å². The smallest absolute Gasteiger partial charge is 0.374 e. The molecule has 0 aromatic rings. The number of Topliss-reactive ketones (excluding diaryl/α,β-unsaturated/α-hetero) is 2. The highest BCUT2D eigenvalue weighted by atomic mass is 16.5. The second-order valence-corrected chi connectivity index (χ2v) is 2.91. The van der Waals surface area contributed by atoms with Crippen LogP contribution in [0.1, 0.15) is 26.7 Å². The monoisotopic (exact) mass is 201 g/mol. The molecule has 0 saturated carbocycles. The summed E-state index contributed by atoms with van der Waals surface area (Å²) in [5.41, 5.74) is 5.46. The number of hydrogen-bond donors (Lipinski definition) is 1. The van der Waals surface area contributed by atoms with Crippen LogP contribution in [0.25, 0.3) is 0 Å². The van der Waals surface area contributed by atoms with E-state index in [2.05, 4.69) is 4.74 Å². The zero-order chi connectivity index (χ0) is 11.1. The SMILES string of the molecule is CCC(=O)C(N)CCOC(=O)C(C)=O. The third-order valence-electron chi connectivity index (χ3n) is 1.71. The molecule has 0 aromatic carbocycles. The Morgan fingerprint density at radius 1 is 1.36 bits per heavy atom. The molecule has 0 spiro atoms. The molecule has 0 rings (SSSR count). The van der Waals surface area contributed by atoms with Crippen molar-refractivity contribution in [2.75, 3.05) is 6.61 Å². The molecule has 5 nitrogen and oxygen atoms in total. The normalized spacial score (nSPS) is 11.9. The van der Waals surface area contributed by atoms with Gasteiger partial charge in [0.15, 0.2) is 0 Å². The van der Waals surface area contributed by atoms with Gasteiger partial charge >= 0.3 is 5.97 Å². The maximum absolute atomic E-state index is 11.0. The number of rotatable bonds is 6. The molecule has 0 radical (unpaired) electrons. The first kappa shape index (κ1) is 12.8. The average molecular weight is 201 g/mol. The molecule has 0 aliphatic rings. The minimum atomic E-state index is -0.888. The molecule has 0 amide bonds. The summed E-state index contributed by atoms with van der Waals surface area (Å²) in [6.07, 6.45) is 0.619. The number of hydrogen-bond acceptors (Lipinski definition) is 5. The molecule has 5 heteroatoms. The maximum atomic E-state index is 11.0. The van der Waals surface area contributed by atoms with Crippen molar-refractivity contribution >= 4 is 17.5 Å². The molecule has 1 unspecified atom stereocenters.